The number of ether oxygens (including phenoxy) is 2. The third kappa shape index (κ3) is 10.8. The molecule has 0 aromatic heterocycles. The molecule has 0 amide bonds. The molecule has 10 nitrogen and oxygen atoms in total. The maximum absolute atomic E-state index is 12.6. The smallest absolute Gasteiger partial charge is 0.336 e. The number of carbonyl (C=O) groups excluding carboxylic acids is 2. The number of carbonyl (C=O) groups is 2. The Morgan fingerprint density at radius 1 is 0.571 bits per heavy atom. The lowest BCUT2D eigenvalue weighted by molar-refractivity contribution is -0.131. The van der Waals surface area contributed by atoms with Crippen LogP contribution in [0.4, 0.5) is 0 Å². The first-order chi connectivity index (χ1) is 27.0. The van der Waals surface area contributed by atoms with Gasteiger partial charge >= 0.3 is 11.9 Å². The largest absolute Gasteiger partial charge is 0.508 e. The fraction of sp³-hybridized carbons (Fsp3) is 0.217. The van der Waals surface area contributed by atoms with Gasteiger partial charge in [0, 0.05) is 49.5 Å². The SMILES string of the molecule is CC(Cc1cccc2ccccc12)NCC(O)c1cc(O)cc(OC(=O)/C=C/C(=O)Oc2cc(O)cc(C(O)CNC(C)Cc3cccc4ccccc34)c2)c1. The summed E-state index contributed by atoms with van der Waals surface area (Å²) in [5, 5.41) is 53.7. The molecule has 0 saturated carbocycles. The summed E-state index contributed by atoms with van der Waals surface area (Å²) in [7, 11) is 0. The van der Waals surface area contributed by atoms with Crippen molar-refractivity contribution in [3.63, 3.8) is 0 Å². The van der Waals surface area contributed by atoms with E-state index in [9.17, 15) is 30.0 Å². The summed E-state index contributed by atoms with van der Waals surface area (Å²) in [6.45, 7) is 4.42. The molecular formula is C46H46N2O8. The number of hydrogen-bond donors (Lipinski definition) is 6. The van der Waals surface area contributed by atoms with E-state index >= 15 is 0 Å². The highest BCUT2D eigenvalue weighted by Gasteiger charge is 2.17. The average Bonchev–Trinajstić information content (AvgIpc) is 3.18. The second-order valence-electron chi connectivity index (χ2n) is 14.0. The summed E-state index contributed by atoms with van der Waals surface area (Å²) in [6, 6.07) is 36.9. The molecule has 0 bridgehead atoms. The minimum Gasteiger partial charge on any atom is -0.508 e. The van der Waals surface area contributed by atoms with Crippen LogP contribution in [0, 0.1) is 0 Å². The molecule has 0 aliphatic rings. The molecule has 6 aromatic rings. The van der Waals surface area contributed by atoms with Crippen LogP contribution in [0.2, 0.25) is 0 Å². The molecule has 0 radical (unpaired) electrons. The van der Waals surface area contributed by atoms with Crippen LogP contribution >= 0.6 is 0 Å². The van der Waals surface area contributed by atoms with Crippen molar-refractivity contribution in [3.05, 3.63) is 156 Å². The number of aromatic hydroxyl groups is 2. The van der Waals surface area contributed by atoms with Crippen LogP contribution in [0.15, 0.2) is 133 Å². The van der Waals surface area contributed by atoms with E-state index in [-0.39, 0.29) is 48.2 Å². The number of rotatable bonds is 16. The fourth-order valence-electron chi connectivity index (χ4n) is 6.76. The molecule has 0 saturated heterocycles. The first kappa shape index (κ1) is 39.6. The highest BCUT2D eigenvalue weighted by atomic mass is 16.5. The van der Waals surface area contributed by atoms with Crippen LogP contribution in [-0.4, -0.2) is 57.5 Å². The van der Waals surface area contributed by atoms with Crippen molar-refractivity contribution in [2.24, 2.45) is 0 Å². The molecule has 6 aromatic carbocycles. The Hall–Kier alpha value is -6.04. The molecule has 10 heteroatoms. The Kier molecular flexibility index (Phi) is 13.1. The van der Waals surface area contributed by atoms with E-state index in [0.29, 0.717) is 11.1 Å². The van der Waals surface area contributed by atoms with Crippen molar-refractivity contribution in [2.45, 2.75) is 51.0 Å². The molecule has 56 heavy (non-hydrogen) atoms. The molecule has 0 fully saturated rings. The molecule has 0 spiro atoms. The predicted octanol–water partition coefficient (Wildman–Crippen LogP) is 6.98. The molecule has 6 rings (SSSR count). The second kappa shape index (κ2) is 18.5. The van der Waals surface area contributed by atoms with Crippen molar-refractivity contribution in [1.82, 2.24) is 10.6 Å². The van der Waals surface area contributed by atoms with E-state index in [2.05, 4.69) is 59.2 Å². The first-order valence-corrected chi connectivity index (χ1v) is 18.6. The minimum atomic E-state index is -1.01. The zero-order valence-corrected chi connectivity index (χ0v) is 31.3. The number of aliphatic hydroxyl groups excluding tert-OH is 2. The maximum atomic E-state index is 12.6. The van der Waals surface area contributed by atoms with Crippen LogP contribution in [-0.2, 0) is 22.4 Å². The fourth-order valence-corrected chi connectivity index (χ4v) is 6.76. The number of phenols is 2. The Balaban J connectivity index is 0.980. The Morgan fingerprint density at radius 3 is 1.39 bits per heavy atom. The molecule has 0 aliphatic carbocycles. The number of phenolic OH excluding ortho intramolecular Hbond substituents is 2. The van der Waals surface area contributed by atoms with Crippen LogP contribution in [0.5, 0.6) is 23.0 Å². The van der Waals surface area contributed by atoms with E-state index < -0.39 is 24.1 Å². The zero-order valence-electron chi connectivity index (χ0n) is 31.3. The van der Waals surface area contributed by atoms with E-state index in [0.717, 1.165) is 35.8 Å². The monoisotopic (exact) mass is 754 g/mol. The van der Waals surface area contributed by atoms with Crippen LogP contribution < -0.4 is 20.1 Å². The van der Waals surface area contributed by atoms with Gasteiger partial charge in [0.2, 0.25) is 0 Å². The van der Waals surface area contributed by atoms with Gasteiger partial charge in [-0.2, -0.15) is 0 Å². The molecule has 288 valence electrons. The van der Waals surface area contributed by atoms with Crippen LogP contribution in [0.1, 0.15) is 48.3 Å². The maximum Gasteiger partial charge on any atom is 0.336 e. The number of nitrogens with one attached hydrogen (secondary N) is 2. The number of aliphatic hydroxyl groups is 2. The summed E-state index contributed by atoms with van der Waals surface area (Å²) in [5.74, 6) is -2.34. The Bertz CT molecular complexity index is 2170. The summed E-state index contributed by atoms with van der Waals surface area (Å²) >= 11 is 0. The summed E-state index contributed by atoms with van der Waals surface area (Å²) in [5.41, 5.74) is 3.04. The summed E-state index contributed by atoms with van der Waals surface area (Å²) < 4.78 is 10.6. The van der Waals surface area contributed by atoms with Gasteiger partial charge < -0.3 is 40.5 Å². The van der Waals surface area contributed by atoms with Gasteiger partial charge in [-0.3, -0.25) is 0 Å². The van der Waals surface area contributed by atoms with Crippen molar-refractivity contribution in [1.29, 1.82) is 0 Å². The summed E-state index contributed by atoms with van der Waals surface area (Å²) in [4.78, 5) is 25.2. The lowest BCUT2D eigenvalue weighted by Crippen LogP contribution is -2.32. The highest BCUT2D eigenvalue weighted by molar-refractivity contribution is 5.93. The van der Waals surface area contributed by atoms with Gasteiger partial charge in [-0.05, 0) is 94.8 Å². The van der Waals surface area contributed by atoms with E-state index in [1.807, 2.05) is 50.2 Å². The molecule has 4 atom stereocenters. The number of hydrogen-bond acceptors (Lipinski definition) is 10. The normalized spacial score (nSPS) is 13.7. The van der Waals surface area contributed by atoms with E-state index in [1.165, 1.54) is 58.3 Å². The minimum absolute atomic E-state index is 0.0301. The Labute approximate surface area is 325 Å². The summed E-state index contributed by atoms with van der Waals surface area (Å²) in [6.07, 6.45) is 1.17. The van der Waals surface area contributed by atoms with Crippen LogP contribution in [0.25, 0.3) is 21.5 Å². The molecule has 4 unspecified atom stereocenters. The number of fused-ring (bicyclic) bond motifs is 2. The first-order valence-electron chi connectivity index (χ1n) is 18.6. The van der Waals surface area contributed by atoms with Gasteiger partial charge in [0.25, 0.3) is 0 Å². The van der Waals surface area contributed by atoms with Crippen molar-refractivity contribution < 1.29 is 39.5 Å². The van der Waals surface area contributed by atoms with Gasteiger partial charge in [-0.15, -0.1) is 0 Å². The van der Waals surface area contributed by atoms with Gasteiger partial charge in [0.1, 0.15) is 23.0 Å². The number of benzene rings is 6. The highest BCUT2D eigenvalue weighted by Crippen LogP contribution is 2.28. The van der Waals surface area contributed by atoms with Gasteiger partial charge in [-0.1, -0.05) is 84.9 Å². The van der Waals surface area contributed by atoms with Gasteiger partial charge in [0.15, 0.2) is 0 Å². The van der Waals surface area contributed by atoms with Crippen LogP contribution in [0.3, 0.4) is 0 Å². The lowest BCUT2D eigenvalue weighted by atomic mass is 9.99. The third-order valence-corrected chi connectivity index (χ3v) is 9.52. The standard InChI is InChI=1S/C46H46N2O8/c1-29(19-33-13-7-11-31-9-3-5-15-41(31)33)47-27-43(51)35-21-37(49)25-39(23-35)55-45(53)17-18-46(54)56-40-24-36(22-38(50)26-40)44(52)28-48-30(2)20-34-14-8-12-32-10-4-6-16-42(32)34/h3-18,21-26,29-30,43-44,47-52H,19-20,27-28H2,1-2H3/b18-17+. The third-order valence-electron chi connectivity index (χ3n) is 9.52. The lowest BCUT2D eigenvalue weighted by Gasteiger charge is -2.19. The zero-order chi connectivity index (χ0) is 39.6. The molecular weight excluding hydrogens is 709 g/mol. The van der Waals surface area contributed by atoms with E-state index in [1.54, 1.807) is 0 Å². The van der Waals surface area contributed by atoms with Crippen molar-refractivity contribution in [3.8, 4) is 23.0 Å². The van der Waals surface area contributed by atoms with Crippen molar-refractivity contribution >= 4 is 33.5 Å². The van der Waals surface area contributed by atoms with Crippen molar-refractivity contribution in [2.75, 3.05) is 13.1 Å². The van der Waals surface area contributed by atoms with Gasteiger partial charge in [0.05, 0.1) is 12.2 Å². The molecule has 0 aliphatic heterocycles. The van der Waals surface area contributed by atoms with E-state index in [4.69, 9.17) is 9.47 Å². The Morgan fingerprint density at radius 2 is 0.964 bits per heavy atom. The molecule has 6 N–H and O–H groups in total. The average molecular weight is 755 g/mol. The quantitative estimate of drug-likeness (QED) is 0.0346. The topological polar surface area (TPSA) is 158 Å². The number of esters is 2. The second-order valence-corrected chi connectivity index (χ2v) is 14.0. The molecule has 0 heterocycles. The predicted molar refractivity (Wildman–Crippen MR) is 217 cm³/mol. The van der Waals surface area contributed by atoms with Gasteiger partial charge in [-0.25, -0.2) is 9.59 Å².